The van der Waals surface area contributed by atoms with Gasteiger partial charge >= 0.3 is 0 Å². The van der Waals surface area contributed by atoms with Gasteiger partial charge in [0.15, 0.2) is 0 Å². The van der Waals surface area contributed by atoms with Crippen molar-refractivity contribution in [2.24, 2.45) is 0 Å². The molecule has 1 aliphatic rings. The lowest BCUT2D eigenvalue weighted by atomic mass is 10.2. The van der Waals surface area contributed by atoms with Gasteiger partial charge in [-0.2, -0.15) is 0 Å². The molecule has 0 aromatic carbocycles. The van der Waals surface area contributed by atoms with E-state index in [9.17, 15) is 0 Å². The van der Waals surface area contributed by atoms with Crippen LogP contribution in [0.25, 0.3) is 0 Å². The summed E-state index contributed by atoms with van der Waals surface area (Å²) in [5.41, 5.74) is 0. The van der Waals surface area contributed by atoms with Crippen LogP contribution in [0.1, 0.15) is 39.0 Å². The molecule has 0 saturated heterocycles. The van der Waals surface area contributed by atoms with Gasteiger partial charge in [0, 0.05) is 12.1 Å². The number of nitrogens with one attached hydrogen (secondary N) is 1. The highest BCUT2D eigenvalue weighted by atomic mass is 15.1. The maximum atomic E-state index is 3.28. The van der Waals surface area contributed by atoms with Gasteiger partial charge in [-0.1, -0.05) is 12.8 Å². The second-order valence-electron chi connectivity index (χ2n) is 4.40. The van der Waals surface area contributed by atoms with E-state index in [0.717, 1.165) is 6.04 Å². The van der Waals surface area contributed by atoms with E-state index >= 15 is 0 Å². The molecule has 0 radical (unpaired) electrons. The Labute approximate surface area is 82.7 Å². The van der Waals surface area contributed by atoms with Crippen LogP contribution in [-0.2, 0) is 0 Å². The highest BCUT2D eigenvalue weighted by Gasteiger charge is 2.19. The van der Waals surface area contributed by atoms with E-state index in [4.69, 9.17) is 0 Å². The first-order valence-corrected chi connectivity index (χ1v) is 5.61. The van der Waals surface area contributed by atoms with Gasteiger partial charge in [0.1, 0.15) is 0 Å². The molecule has 0 bridgehead atoms. The molecule has 1 rings (SSSR count). The Hall–Kier alpha value is -0.0800. The summed E-state index contributed by atoms with van der Waals surface area (Å²) >= 11 is 0. The lowest BCUT2D eigenvalue weighted by Crippen LogP contribution is -2.33. The van der Waals surface area contributed by atoms with Gasteiger partial charge in [-0.15, -0.1) is 0 Å². The highest BCUT2D eigenvalue weighted by Crippen LogP contribution is 2.22. The monoisotopic (exact) mass is 184 g/mol. The third-order valence-corrected chi connectivity index (χ3v) is 3.36. The van der Waals surface area contributed by atoms with Gasteiger partial charge < -0.3 is 10.2 Å². The molecule has 0 amide bonds. The molecule has 0 aromatic heterocycles. The molecule has 1 N–H and O–H groups in total. The summed E-state index contributed by atoms with van der Waals surface area (Å²) < 4.78 is 0. The molecule has 78 valence electrons. The summed E-state index contributed by atoms with van der Waals surface area (Å²) in [5.74, 6) is 0. The number of hydrogen-bond acceptors (Lipinski definition) is 2. The second-order valence-corrected chi connectivity index (χ2v) is 4.40. The van der Waals surface area contributed by atoms with E-state index in [2.05, 4.69) is 24.2 Å². The predicted octanol–water partition coefficient (Wildman–Crippen LogP) is 1.86. The fraction of sp³-hybridized carbons (Fsp3) is 1.00. The molecule has 0 spiro atoms. The first-order chi connectivity index (χ1) is 6.24. The summed E-state index contributed by atoms with van der Waals surface area (Å²) in [6.07, 6.45) is 6.99. The zero-order valence-electron chi connectivity index (χ0n) is 9.34. The van der Waals surface area contributed by atoms with Gasteiger partial charge in [0.25, 0.3) is 0 Å². The quantitative estimate of drug-likeness (QED) is 0.701. The third-order valence-electron chi connectivity index (χ3n) is 3.36. The molecular weight excluding hydrogens is 160 g/mol. The molecule has 1 fully saturated rings. The maximum Gasteiger partial charge on any atom is 0.00922 e. The van der Waals surface area contributed by atoms with Crippen LogP contribution in [0, 0.1) is 0 Å². The fourth-order valence-electron chi connectivity index (χ4n) is 2.07. The minimum atomic E-state index is 0.656. The molecule has 1 aliphatic carbocycles. The van der Waals surface area contributed by atoms with Gasteiger partial charge in [-0.3, -0.25) is 0 Å². The SMILES string of the molecule is CNC(C)CCN(C)C1CCCC1. The zero-order valence-corrected chi connectivity index (χ0v) is 9.34. The minimum absolute atomic E-state index is 0.656. The maximum absolute atomic E-state index is 3.28. The Morgan fingerprint density at radius 3 is 2.54 bits per heavy atom. The molecule has 1 unspecified atom stereocenters. The first kappa shape index (κ1) is 11.0. The highest BCUT2D eigenvalue weighted by molar-refractivity contribution is 4.75. The average Bonchev–Trinajstić information content (AvgIpc) is 2.66. The molecule has 0 aromatic rings. The van der Waals surface area contributed by atoms with Crippen LogP contribution in [0.2, 0.25) is 0 Å². The molecule has 2 nitrogen and oxygen atoms in total. The molecule has 0 aliphatic heterocycles. The van der Waals surface area contributed by atoms with Gasteiger partial charge in [-0.05, 0) is 46.8 Å². The van der Waals surface area contributed by atoms with E-state index in [1.165, 1.54) is 38.6 Å². The third kappa shape index (κ3) is 3.65. The number of rotatable bonds is 5. The second kappa shape index (κ2) is 5.61. The topological polar surface area (TPSA) is 15.3 Å². The molecule has 2 heteroatoms. The van der Waals surface area contributed by atoms with Crippen molar-refractivity contribution in [3.8, 4) is 0 Å². The van der Waals surface area contributed by atoms with Crippen LogP contribution in [-0.4, -0.2) is 37.6 Å². The van der Waals surface area contributed by atoms with E-state index in [1.807, 2.05) is 7.05 Å². The van der Waals surface area contributed by atoms with Gasteiger partial charge in [0.05, 0.1) is 0 Å². The summed E-state index contributed by atoms with van der Waals surface area (Å²) in [5, 5.41) is 3.28. The molecule has 13 heavy (non-hydrogen) atoms. The van der Waals surface area contributed by atoms with Gasteiger partial charge in [0.2, 0.25) is 0 Å². The molecule has 1 atom stereocenters. The van der Waals surface area contributed by atoms with Crippen molar-refractivity contribution in [2.45, 2.75) is 51.1 Å². The summed E-state index contributed by atoms with van der Waals surface area (Å²) in [6, 6.07) is 1.54. The molecular formula is C11H24N2. The standard InChI is InChI=1S/C11H24N2/c1-10(12-2)8-9-13(3)11-6-4-5-7-11/h10-12H,4-9H2,1-3H3. The van der Waals surface area contributed by atoms with Crippen LogP contribution < -0.4 is 5.32 Å². The molecule has 0 heterocycles. The Bertz CT molecular complexity index is 130. The lowest BCUT2D eigenvalue weighted by Gasteiger charge is -2.25. The van der Waals surface area contributed by atoms with Crippen molar-refractivity contribution in [2.75, 3.05) is 20.6 Å². The Morgan fingerprint density at radius 2 is 2.00 bits per heavy atom. The van der Waals surface area contributed by atoms with Crippen molar-refractivity contribution < 1.29 is 0 Å². The smallest absolute Gasteiger partial charge is 0.00922 e. The van der Waals surface area contributed by atoms with Crippen LogP contribution in [0.3, 0.4) is 0 Å². The van der Waals surface area contributed by atoms with Crippen molar-refractivity contribution in [1.82, 2.24) is 10.2 Å². The van der Waals surface area contributed by atoms with Gasteiger partial charge in [-0.25, -0.2) is 0 Å². The lowest BCUT2D eigenvalue weighted by molar-refractivity contribution is 0.235. The molecule has 1 saturated carbocycles. The normalized spacial score (nSPS) is 21.2. The Morgan fingerprint density at radius 1 is 1.38 bits per heavy atom. The summed E-state index contributed by atoms with van der Waals surface area (Å²) in [6.45, 7) is 3.50. The van der Waals surface area contributed by atoms with Crippen molar-refractivity contribution in [1.29, 1.82) is 0 Å². The first-order valence-electron chi connectivity index (χ1n) is 5.61. The van der Waals surface area contributed by atoms with E-state index in [1.54, 1.807) is 0 Å². The van der Waals surface area contributed by atoms with E-state index in [0.29, 0.717) is 6.04 Å². The number of hydrogen-bond donors (Lipinski definition) is 1. The van der Waals surface area contributed by atoms with Crippen molar-refractivity contribution >= 4 is 0 Å². The summed E-state index contributed by atoms with van der Waals surface area (Å²) in [7, 11) is 4.32. The zero-order chi connectivity index (χ0) is 9.68. The largest absolute Gasteiger partial charge is 0.317 e. The summed E-state index contributed by atoms with van der Waals surface area (Å²) in [4.78, 5) is 2.54. The van der Waals surface area contributed by atoms with Crippen LogP contribution >= 0.6 is 0 Å². The number of nitrogens with zero attached hydrogens (tertiary/aromatic N) is 1. The average molecular weight is 184 g/mol. The van der Waals surface area contributed by atoms with Crippen LogP contribution in [0.4, 0.5) is 0 Å². The fourth-order valence-corrected chi connectivity index (χ4v) is 2.07. The minimum Gasteiger partial charge on any atom is -0.317 e. The Kier molecular flexibility index (Phi) is 4.74. The van der Waals surface area contributed by atoms with Crippen molar-refractivity contribution in [3.63, 3.8) is 0 Å². The van der Waals surface area contributed by atoms with E-state index < -0.39 is 0 Å². The van der Waals surface area contributed by atoms with Crippen LogP contribution in [0.5, 0.6) is 0 Å². The van der Waals surface area contributed by atoms with Crippen molar-refractivity contribution in [3.05, 3.63) is 0 Å². The van der Waals surface area contributed by atoms with Crippen LogP contribution in [0.15, 0.2) is 0 Å². The van der Waals surface area contributed by atoms with E-state index in [-0.39, 0.29) is 0 Å². The predicted molar refractivity (Wildman–Crippen MR) is 58.0 cm³/mol. The Balaban J connectivity index is 2.12.